The van der Waals surface area contributed by atoms with Gasteiger partial charge in [0.15, 0.2) is 4.96 Å². The first-order valence-electron chi connectivity index (χ1n) is 6.45. The molecule has 2 aromatic rings. The Morgan fingerprint density at radius 3 is 3.05 bits per heavy atom. The third-order valence-electron chi connectivity index (χ3n) is 3.84. The van der Waals surface area contributed by atoms with Crippen molar-refractivity contribution in [2.75, 3.05) is 6.54 Å². The lowest BCUT2D eigenvalue weighted by atomic mass is 10.2. The van der Waals surface area contributed by atoms with Crippen LogP contribution in [-0.2, 0) is 6.54 Å². The number of aryl methyl sites for hydroxylation is 1. The maximum Gasteiger partial charge on any atom is 0.259 e. The van der Waals surface area contributed by atoms with Crippen LogP contribution in [0.25, 0.3) is 4.96 Å². The van der Waals surface area contributed by atoms with E-state index in [1.807, 2.05) is 19.2 Å². The number of rotatable bonds is 2. The Morgan fingerprint density at radius 1 is 1.58 bits per heavy atom. The summed E-state index contributed by atoms with van der Waals surface area (Å²) in [5.74, 6) is 0. The average molecular weight is 279 g/mol. The molecule has 3 heterocycles. The molecule has 0 bridgehead atoms. The molecule has 0 radical (unpaired) electrons. The summed E-state index contributed by atoms with van der Waals surface area (Å²) >= 11 is 1.49. The number of aliphatic hydroxyl groups is 1. The fourth-order valence-electron chi connectivity index (χ4n) is 2.60. The van der Waals surface area contributed by atoms with Gasteiger partial charge in [-0.1, -0.05) is 0 Å². The maximum atomic E-state index is 12.1. The Balaban J connectivity index is 1.92. The van der Waals surface area contributed by atoms with Crippen LogP contribution >= 0.6 is 11.3 Å². The van der Waals surface area contributed by atoms with E-state index in [0.717, 1.165) is 29.3 Å². The highest BCUT2D eigenvalue weighted by Crippen LogP contribution is 2.20. The number of hydrogen-bond acceptors (Lipinski definition) is 5. The molecule has 0 spiro atoms. The monoisotopic (exact) mass is 279 g/mol. The summed E-state index contributed by atoms with van der Waals surface area (Å²) in [6.07, 6.45) is 0.523. The highest BCUT2D eigenvalue weighted by Gasteiger charge is 2.29. The summed E-state index contributed by atoms with van der Waals surface area (Å²) in [5.41, 5.74) is 1.69. The highest BCUT2D eigenvalue weighted by molar-refractivity contribution is 7.15. The first-order valence-corrected chi connectivity index (χ1v) is 7.33. The van der Waals surface area contributed by atoms with Crippen molar-refractivity contribution in [2.24, 2.45) is 0 Å². The molecule has 2 aromatic heterocycles. The van der Waals surface area contributed by atoms with Crippen molar-refractivity contribution < 1.29 is 5.11 Å². The van der Waals surface area contributed by atoms with Crippen LogP contribution in [-0.4, -0.2) is 38.1 Å². The van der Waals surface area contributed by atoms with Gasteiger partial charge in [-0.25, -0.2) is 4.98 Å². The van der Waals surface area contributed by atoms with E-state index < -0.39 is 0 Å². The Kier molecular flexibility index (Phi) is 3.16. The van der Waals surface area contributed by atoms with Gasteiger partial charge in [0, 0.05) is 36.3 Å². The van der Waals surface area contributed by atoms with Crippen molar-refractivity contribution in [2.45, 2.75) is 39.0 Å². The molecule has 0 saturated carbocycles. The molecule has 6 heteroatoms. The Morgan fingerprint density at radius 2 is 2.37 bits per heavy atom. The molecule has 5 nitrogen and oxygen atoms in total. The maximum absolute atomic E-state index is 12.1. The molecule has 0 aliphatic carbocycles. The van der Waals surface area contributed by atoms with Gasteiger partial charge in [0.1, 0.15) is 0 Å². The summed E-state index contributed by atoms with van der Waals surface area (Å²) in [4.78, 5) is 19.5. The molecular weight excluding hydrogens is 262 g/mol. The Labute approximate surface area is 115 Å². The Hall–Kier alpha value is -1.24. The van der Waals surface area contributed by atoms with Crippen molar-refractivity contribution >= 4 is 16.3 Å². The fourth-order valence-corrected chi connectivity index (χ4v) is 3.49. The topological polar surface area (TPSA) is 57.8 Å². The number of likely N-dealkylation sites (tertiary alicyclic amines) is 1. The van der Waals surface area contributed by atoms with Crippen LogP contribution < -0.4 is 5.56 Å². The lowest BCUT2D eigenvalue weighted by Crippen LogP contribution is -2.32. The predicted octanol–water partition coefficient (Wildman–Crippen LogP) is 1.02. The van der Waals surface area contributed by atoms with Gasteiger partial charge in [0.2, 0.25) is 0 Å². The number of thiazole rings is 1. The molecule has 1 aliphatic rings. The predicted molar refractivity (Wildman–Crippen MR) is 74.6 cm³/mol. The zero-order valence-electron chi connectivity index (χ0n) is 11.0. The quantitative estimate of drug-likeness (QED) is 0.891. The lowest BCUT2D eigenvalue weighted by molar-refractivity contribution is 0.122. The minimum atomic E-state index is -0.270. The van der Waals surface area contributed by atoms with Crippen LogP contribution in [0.4, 0.5) is 0 Å². The number of hydrogen-bond donors (Lipinski definition) is 1. The third-order valence-corrected chi connectivity index (χ3v) is 4.78. The van der Waals surface area contributed by atoms with Crippen molar-refractivity contribution in [3.63, 3.8) is 0 Å². The molecule has 1 saturated heterocycles. The summed E-state index contributed by atoms with van der Waals surface area (Å²) in [6, 6.07) is 1.73. The van der Waals surface area contributed by atoms with E-state index >= 15 is 0 Å². The highest BCUT2D eigenvalue weighted by atomic mass is 32.1. The molecule has 0 aromatic carbocycles. The van der Waals surface area contributed by atoms with Crippen molar-refractivity contribution in [1.82, 2.24) is 14.3 Å². The van der Waals surface area contributed by atoms with Crippen LogP contribution in [0.5, 0.6) is 0 Å². The van der Waals surface area contributed by atoms with Gasteiger partial charge < -0.3 is 5.11 Å². The first kappa shape index (κ1) is 12.8. The summed E-state index contributed by atoms with van der Waals surface area (Å²) in [7, 11) is 0. The summed E-state index contributed by atoms with van der Waals surface area (Å²) in [5, 5.41) is 11.7. The number of aromatic nitrogens is 2. The second-order valence-electron chi connectivity index (χ2n) is 5.15. The zero-order chi connectivity index (χ0) is 13.6. The van der Waals surface area contributed by atoms with Gasteiger partial charge in [-0.3, -0.25) is 14.1 Å². The summed E-state index contributed by atoms with van der Waals surface area (Å²) in [6.45, 7) is 5.40. The second-order valence-corrected chi connectivity index (χ2v) is 5.98. The van der Waals surface area contributed by atoms with Crippen LogP contribution in [0.15, 0.2) is 16.2 Å². The fraction of sp³-hybridized carbons (Fsp3) is 0.538. The normalized spacial score (nSPS) is 24.4. The molecule has 0 unspecified atom stereocenters. The van der Waals surface area contributed by atoms with E-state index in [1.54, 1.807) is 10.5 Å². The molecular formula is C13H17N3O2S. The van der Waals surface area contributed by atoms with Gasteiger partial charge in [-0.2, -0.15) is 0 Å². The van der Waals surface area contributed by atoms with Gasteiger partial charge in [-0.15, -0.1) is 11.3 Å². The first-order chi connectivity index (χ1) is 9.06. The van der Waals surface area contributed by atoms with Crippen LogP contribution in [0.1, 0.15) is 24.7 Å². The van der Waals surface area contributed by atoms with Gasteiger partial charge in [0.25, 0.3) is 5.56 Å². The van der Waals surface area contributed by atoms with Crippen LogP contribution in [0.3, 0.4) is 0 Å². The summed E-state index contributed by atoms with van der Waals surface area (Å²) < 4.78 is 1.64. The minimum absolute atomic E-state index is 0.0221. The molecule has 1 N–H and O–H groups in total. The van der Waals surface area contributed by atoms with Crippen LogP contribution in [0.2, 0.25) is 0 Å². The van der Waals surface area contributed by atoms with Gasteiger partial charge in [0.05, 0.1) is 11.8 Å². The van der Waals surface area contributed by atoms with E-state index in [9.17, 15) is 9.90 Å². The smallest absolute Gasteiger partial charge is 0.259 e. The average Bonchev–Trinajstić information content (AvgIpc) is 2.88. The van der Waals surface area contributed by atoms with E-state index in [2.05, 4.69) is 9.88 Å². The number of fused-ring (bicyclic) bond motifs is 1. The lowest BCUT2D eigenvalue weighted by Gasteiger charge is -2.21. The molecule has 1 fully saturated rings. The Bertz CT molecular complexity index is 663. The minimum Gasteiger partial charge on any atom is -0.391 e. The van der Waals surface area contributed by atoms with E-state index in [4.69, 9.17) is 0 Å². The molecule has 0 amide bonds. The standard InChI is InChI=1S/C13H17N3O2S/c1-8-7-19-13-14-10(5-12(18)16(8)13)6-15-4-3-11(17)9(15)2/h5,7,9,11,17H,3-4,6H2,1-2H3/t9-,11-/m0/s1. The van der Waals surface area contributed by atoms with E-state index in [-0.39, 0.29) is 17.7 Å². The molecule has 102 valence electrons. The molecule has 19 heavy (non-hydrogen) atoms. The number of nitrogens with zero attached hydrogens (tertiary/aromatic N) is 3. The van der Waals surface area contributed by atoms with Crippen molar-refractivity contribution in [3.05, 3.63) is 33.2 Å². The SMILES string of the molecule is Cc1csc2nc(CN3CC[C@H](O)[C@@H]3C)cc(=O)n12. The largest absolute Gasteiger partial charge is 0.391 e. The second kappa shape index (κ2) is 4.70. The zero-order valence-corrected chi connectivity index (χ0v) is 11.9. The number of aliphatic hydroxyl groups excluding tert-OH is 1. The van der Waals surface area contributed by atoms with E-state index in [1.165, 1.54) is 11.3 Å². The molecule has 2 atom stereocenters. The molecule has 3 rings (SSSR count). The van der Waals surface area contributed by atoms with E-state index in [0.29, 0.717) is 6.54 Å². The van der Waals surface area contributed by atoms with Crippen LogP contribution in [0, 0.1) is 6.92 Å². The van der Waals surface area contributed by atoms with Crippen molar-refractivity contribution in [1.29, 1.82) is 0 Å². The van der Waals surface area contributed by atoms with Gasteiger partial charge in [-0.05, 0) is 20.3 Å². The van der Waals surface area contributed by atoms with Gasteiger partial charge >= 0.3 is 0 Å². The molecule has 1 aliphatic heterocycles. The third kappa shape index (κ3) is 2.20. The van der Waals surface area contributed by atoms with Crippen molar-refractivity contribution in [3.8, 4) is 0 Å².